The summed E-state index contributed by atoms with van der Waals surface area (Å²) in [5, 5.41) is 5.57. The van der Waals surface area contributed by atoms with Gasteiger partial charge in [-0.2, -0.15) is 0 Å². The Hall–Kier alpha value is -2.62. The van der Waals surface area contributed by atoms with Gasteiger partial charge in [0.2, 0.25) is 0 Å². The molecular formula is C23H28N2O2. The van der Waals surface area contributed by atoms with Crippen LogP contribution in [0.4, 0.5) is 5.69 Å². The molecular weight excluding hydrogens is 336 g/mol. The number of nitrogens with one attached hydrogen (secondary N) is 2. The lowest BCUT2D eigenvalue weighted by atomic mass is 9.89. The molecule has 2 aromatic carbocycles. The fraction of sp³-hybridized carbons (Fsp3) is 0.391. The summed E-state index contributed by atoms with van der Waals surface area (Å²) in [5.74, 6) is -1.23. The largest absolute Gasteiger partial charge is 0.341 e. The predicted molar refractivity (Wildman–Crippen MR) is 109 cm³/mol. The van der Waals surface area contributed by atoms with Gasteiger partial charge in [-0.25, -0.2) is 0 Å². The van der Waals surface area contributed by atoms with Gasteiger partial charge in [0.15, 0.2) is 0 Å². The number of aryl methyl sites for hydroxylation is 4. The van der Waals surface area contributed by atoms with Crippen LogP contribution in [0.15, 0.2) is 36.4 Å². The van der Waals surface area contributed by atoms with Crippen LogP contribution in [-0.2, 0) is 22.4 Å². The molecule has 0 fully saturated rings. The third-order valence-electron chi connectivity index (χ3n) is 5.46. The number of amides is 2. The van der Waals surface area contributed by atoms with Crippen LogP contribution in [0.1, 0.15) is 60.0 Å². The highest BCUT2D eigenvalue weighted by atomic mass is 16.2. The van der Waals surface area contributed by atoms with Gasteiger partial charge in [0.1, 0.15) is 0 Å². The second-order valence-electron chi connectivity index (χ2n) is 7.42. The molecule has 0 radical (unpaired) electrons. The van der Waals surface area contributed by atoms with E-state index in [0.29, 0.717) is 5.69 Å². The summed E-state index contributed by atoms with van der Waals surface area (Å²) in [7, 11) is 0. The van der Waals surface area contributed by atoms with Crippen molar-refractivity contribution < 1.29 is 9.59 Å². The molecule has 2 amide bonds. The summed E-state index contributed by atoms with van der Waals surface area (Å²) in [6, 6.07) is 11.9. The number of rotatable bonds is 4. The van der Waals surface area contributed by atoms with Gasteiger partial charge < -0.3 is 10.6 Å². The fourth-order valence-corrected chi connectivity index (χ4v) is 3.62. The van der Waals surface area contributed by atoms with Gasteiger partial charge in [-0.3, -0.25) is 9.59 Å². The van der Waals surface area contributed by atoms with Gasteiger partial charge in [0.25, 0.3) is 0 Å². The normalized spacial score (nSPS) is 14.2. The Kier molecular flexibility index (Phi) is 5.94. The molecule has 0 aromatic heterocycles. The fourth-order valence-electron chi connectivity index (χ4n) is 3.62. The summed E-state index contributed by atoms with van der Waals surface area (Å²) < 4.78 is 0. The molecule has 142 valence electrons. The third kappa shape index (κ3) is 4.57. The van der Waals surface area contributed by atoms with Crippen molar-refractivity contribution in [3.8, 4) is 0 Å². The van der Waals surface area contributed by atoms with Gasteiger partial charge in [-0.15, -0.1) is 0 Å². The van der Waals surface area contributed by atoms with E-state index in [0.717, 1.165) is 36.0 Å². The standard InChI is InChI=1S/C23H28N2O2/c1-4-21(19-11-10-17-7-5-6-8-18(17)14-19)25-23(27)22(26)24-20-12-9-15(2)16(3)13-20/h9-14,21H,4-8H2,1-3H3,(H,24,26)(H,25,27). The minimum absolute atomic E-state index is 0.157. The van der Waals surface area contributed by atoms with Crippen molar-refractivity contribution in [1.82, 2.24) is 5.32 Å². The minimum Gasteiger partial charge on any atom is -0.341 e. The zero-order valence-electron chi connectivity index (χ0n) is 16.4. The number of hydrogen-bond acceptors (Lipinski definition) is 2. The molecule has 1 unspecified atom stereocenters. The van der Waals surface area contributed by atoms with Crippen LogP contribution < -0.4 is 10.6 Å². The number of hydrogen-bond donors (Lipinski definition) is 2. The van der Waals surface area contributed by atoms with Crippen LogP contribution >= 0.6 is 0 Å². The highest BCUT2D eigenvalue weighted by molar-refractivity contribution is 6.39. The summed E-state index contributed by atoms with van der Waals surface area (Å²) in [4.78, 5) is 24.7. The van der Waals surface area contributed by atoms with Crippen LogP contribution in [0.2, 0.25) is 0 Å². The van der Waals surface area contributed by atoms with Gasteiger partial charge in [-0.05, 0) is 85.9 Å². The lowest BCUT2D eigenvalue weighted by molar-refractivity contribution is -0.136. The summed E-state index contributed by atoms with van der Waals surface area (Å²) >= 11 is 0. The number of anilines is 1. The van der Waals surface area contributed by atoms with Gasteiger partial charge >= 0.3 is 11.8 Å². The zero-order chi connectivity index (χ0) is 19.4. The first-order valence-corrected chi connectivity index (χ1v) is 9.78. The highest BCUT2D eigenvalue weighted by Gasteiger charge is 2.20. The molecule has 4 heteroatoms. The summed E-state index contributed by atoms with van der Waals surface area (Å²) in [5.41, 5.74) is 6.74. The Morgan fingerprint density at radius 1 is 0.926 bits per heavy atom. The molecule has 0 heterocycles. The van der Waals surface area contributed by atoms with Crippen LogP contribution in [0.3, 0.4) is 0 Å². The third-order valence-corrected chi connectivity index (χ3v) is 5.46. The van der Waals surface area contributed by atoms with Gasteiger partial charge in [-0.1, -0.05) is 31.2 Å². The molecule has 0 spiro atoms. The van der Waals surface area contributed by atoms with Crippen molar-refractivity contribution in [1.29, 1.82) is 0 Å². The SMILES string of the molecule is CCC(NC(=O)C(=O)Nc1ccc(C)c(C)c1)c1ccc2c(c1)CCCC2. The van der Waals surface area contributed by atoms with Crippen LogP contribution in [0, 0.1) is 13.8 Å². The van der Waals surface area contributed by atoms with E-state index < -0.39 is 11.8 Å². The Morgan fingerprint density at radius 2 is 1.67 bits per heavy atom. The maximum absolute atomic E-state index is 12.4. The van der Waals surface area contributed by atoms with Crippen molar-refractivity contribution in [3.05, 3.63) is 64.2 Å². The van der Waals surface area contributed by atoms with Crippen LogP contribution in [-0.4, -0.2) is 11.8 Å². The Bertz CT molecular complexity index is 857. The highest BCUT2D eigenvalue weighted by Crippen LogP contribution is 2.26. The molecule has 1 atom stereocenters. The maximum atomic E-state index is 12.4. The van der Waals surface area contributed by atoms with Crippen LogP contribution in [0.25, 0.3) is 0 Å². The van der Waals surface area contributed by atoms with E-state index in [1.54, 1.807) is 0 Å². The molecule has 2 aromatic rings. The number of fused-ring (bicyclic) bond motifs is 1. The molecule has 4 nitrogen and oxygen atoms in total. The van der Waals surface area contributed by atoms with E-state index >= 15 is 0 Å². The quantitative estimate of drug-likeness (QED) is 0.791. The first kappa shape index (κ1) is 19.2. The number of carbonyl (C=O) groups excluding carboxylic acids is 2. The molecule has 1 aliphatic carbocycles. The Balaban J connectivity index is 1.67. The zero-order valence-corrected chi connectivity index (χ0v) is 16.4. The monoisotopic (exact) mass is 364 g/mol. The van der Waals surface area contributed by atoms with Crippen molar-refractivity contribution in [3.63, 3.8) is 0 Å². The topological polar surface area (TPSA) is 58.2 Å². The molecule has 0 aliphatic heterocycles. The van der Waals surface area contributed by atoms with E-state index in [-0.39, 0.29) is 6.04 Å². The Labute approximate surface area is 161 Å². The molecule has 0 bridgehead atoms. The van der Waals surface area contributed by atoms with E-state index in [1.807, 2.05) is 39.0 Å². The maximum Gasteiger partial charge on any atom is 0.313 e. The van der Waals surface area contributed by atoms with E-state index in [1.165, 1.54) is 24.0 Å². The lowest BCUT2D eigenvalue weighted by Gasteiger charge is -2.21. The minimum atomic E-state index is -0.630. The molecule has 2 N–H and O–H groups in total. The molecule has 0 saturated carbocycles. The first-order valence-electron chi connectivity index (χ1n) is 9.78. The van der Waals surface area contributed by atoms with Crippen molar-refractivity contribution in [2.75, 3.05) is 5.32 Å². The number of benzene rings is 2. The molecule has 0 saturated heterocycles. The summed E-state index contributed by atoms with van der Waals surface area (Å²) in [6.07, 6.45) is 5.44. The van der Waals surface area contributed by atoms with Gasteiger partial charge in [0, 0.05) is 5.69 Å². The molecule has 1 aliphatic rings. The second-order valence-corrected chi connectivity index (χ2v) is 7.42. The predicted octanol–water partition coefficient (Wildman–Crippen LogP) is 4.39. The Morgan fingerprint density at radius 3 is 2.37 bits per heavy atom. The number of carbonyl (C=O) groups is 2. The van der Waals surface area contributed by atoms with Crippen LogP contribution in [0.5, 0.6) is 0 Å². The van der Waals surface area contributed by atoms with Crippen molar-refractivity contribution in [2.24, 2.45) is 0 Å². The van der Waals surface area contributed by atoms with Crippen molar-refractivity contribution in [2.45, 2.75) is 58.9 Å². The first-order chi connectivity index (χ1) is 13.0. The average molecular weight is 364 g/mol. The summed E-state index contributed by atoms with van der Waals surface area (Å²) in [6.45, 7) is 6.01. The molecule has 3 rings (SSSR count). The van der Waals surface area contributed by atoms with E-state index in [9.17, 15) is 9.59 Å². The van der Waals surface area contributed by atoms with Gasteiger partial charge in [0.05, 0.1) is 6.04 Å². The molecule has 27 heavy (non-hydrogen) atoms. The van der Waals surface area contributed by atoms with E-state index in [4.69, 9.17) is 0 Å². The lowest BCUT2D eigenvalue weighted by Crippen LogP contribution is -2.37. The second kappa shape index (κ2) is 8.38. The van der Waals surface area contributed by atoms with Crippen molar-refractivity contribution >= 4 is 17.5 Å². The smallest absolute Gasteiger partial charge is 0.313 e. The average Bonchev–Trinajstić information content (AvgIpc) is 2.68. The van der Waals surface area contributed by atoms with E-state index in [2.05, 4.69) is 28.8 Å².